The van der Waals surface area contributed by atoms with Crippen LogP contribution in [0.1, 0.15) is 44.7 Å². The summed E-state index contributed by atoms with van der Waals surface area (Å²) in [5, 5.41) is 0. The minimum absolute atomic E-state index is 0. The largest absolute Gasteiger partial charge is 0.324 e. The average molecular weight is 229 g/mol. The second kappa shape index (κ2) is 7.66. The van der Waals surface area contributed by atoms with Crippen molar-refractivity contribution in [2.45, 2.75) is 39.2 Å². The van der Waals surface area contributed by atoms with Crippen molar-refractivity contribution in [1.29, 1.82) is 0 Å². The van der Waals surface area contributed by atoms with E-state index in [1.54, 1.807) is 6.20 Å². The fraction of sp³-hybridized carbons (Fsp3) is 0.583. The lowest BCUT2D eigenvalue weighted by Crippen LogP contribution is -2.15. The Hall–Kier alpha value is -0.600. The molecule has 0 aliphatic rings. The Morgan fingerprint density at radius 2 is 2.00 bits per heavy atom. The summed E-state index contributed by atoms with van der Waals surface area (Å²) in [4.78, 5) is 4.08. The van der Waals surface area contributed by atoms with Gasteiger partial charge in [-0.15, -0.1) is 12.4 Å². The van der Waals surface area contributed by atoms with E-state index in [0.29, 0.717) is 0 Å². The average Bonchev–Trinajstić information content (AvgIpc) is 2.26. The van der Waals surface area contributed by atoms with Gasteiger partial charge in [0.15, 0.2) is 0 Å². The zero-order valence-corrected chi connectivity index (χ0v) is 10.3. The van der Waals surface area contributed by atoms with Crippen LogP contribution >= 0.6 is 12.4 Å². The Labute approximate surface area is 98.7 Å². The highest BCUT2D eigenvalue weighted by atomic mass is 35.5. The standard InChI is InChI=1S/C12H20N2.ClH/c1-3-10(4-2)8-12(13)11-6-5-7-14-9-11;/h5-7,9-10,12H,3-4,8,13H2,1-2H3;1H. The molecule has 1 unspecified atom stereocenters. The molecule has 0 amide bonds. The van der Waals surface area contributed by atoms with Crippen molar-refractivity contribution < 1.29 is 0 Å². The van der Waals surface area contributed by atoms with Crippen LogP contribution in [0.15, 0.2) is 24.5 Å². The van der Waals surface area contributed by atoms with Crippen molar-refractivity contribution in [3.63, 3.8) is 0 Å². The highest BCUT2D eigenvalue weighted by molar-refractivity contribution is 5.85. The van der Waals surface area contributed by atoms with Crippen molar-refractivity contribution in [3.05, 3.63) is 30.1 Å². The summed E-state index contributed by atoms with van der Waals surface area (Å²) in [5.41, 5.74) is 7.26. The van der Waals surface area contributed by atoms with Crippen molar-refractivity contribution >= 4 is 12.4 Å². The number of pyridine rings is 1. The summed E-state index contributed by atoms with van der Waals surface area (Å²) in [5.74, 6) is 0.741. The zero-order valence-electron chi connectivity index (χ0n) is 9.52. The first-order valence-corrected chi connectivity index (χ1v) is 5.43. The van der Waals surface area contributed by atoms with Crippen LogP contribution in [0, 0.1) is 5.92 Å². The van der Waals surface area contributed by atoms with E-state index in [1.165, 1.54) is 12.8 Å². The highest BCUT2D eigenvalue weighted by Crippen LogP contribution is 2.22. The van der Waals surface area contributed by atoms with Gasteiger partial charge in [0.2, 0.25) is 0 Å². The first-order chi connectivity index (χ1) is 6.77. The van der Waals surface area contributed by atoms with Gasteiger partial charge < -0.3 is 5.73 Å². The van der Waals surface area contributed by atoms with Crippen LogP contribution in [0.25, 0.3) is 0 Å². The molecule has 1 heterocycles. The van der Waals surface area contributed by atoms with E-state index in [4.69, 9.17) is 5.73 Å². The SMILES string of the molecule is CCC(CC)CC(N)c1cccnc1.Cl. The van der Waals surface area contributed by atoms with Crippen molar-refractivity contribution in [1.82, 2.24) is 4.98 Å². The number of nitrogens with two attached hydrogens (primary N) is 1. The molecule has 0 spiro atoms. The van der Waals surface area contributed by atoms with Gasteiger partial charge in [0.05, 0.1) is 0 Å². The van der Waals surface area contributed by atoms with E-state index in [0.717, 1.165) is 17.9 Å². The molecule has 86 valence electrons. The maximum Gasteiger partial charge on any atom is 0.0315 e. The van der Waals surface area contributed by atoms with E-state index >= 15 is 0 Å². The smallest absolute Gasteiger partial charge is 0.0315 e. The maximum atomic E-state index is 6.11. The fourth-order valence-electron chi connectivity index (χ4n) is 1.71. The van der Waals surface area contributed by atoms with Gasteiger partial charge in [0.25, 0.3) is 0 Å². The fourth-order valence-corrected chi connectivity index (χ4v) is 1.71. The monoisotopic (exact) mass is 228 g/mol. The van der Waals surface area contributed by atoms with E-state index in [9.17, 15) is 0 Å². The molecule has 2 N–H and O–H groups in total. The first kappa shape index (κ1) is 14.4. The van der Waals surface area contributed by atoms with Crippen LogP contribution < -0.4 is 5.73 Å². The number of nitrogens with zero attached hydrogens (tertiary/aromatic N) is 1. The molecule has 1 aromatic rings. The number of hydrogen-bond acceptors (Lipinski definition) is 2. The molecule has 0 aliphatic carbocycles. The molecule has 0 radical (unpaired) electrons. The number of halogens is 1. The Bertz CT molecular complexity index is 247. The molecule has 0 fully saturated rings. The molecule has 2 nitrogen and oxygen atoms in total. The summed E-state index contributed by atoms with van der Waals surface area (Å²) in [6, 6.07) is 4.15. The zero-order chi connectivity index (χ0) is 10.4. The minimum atomic E-state index is 0. The molecule has 15 heavy (non-hydrogen) atoms. The minimum Gasteiger partial charge on any atom is -0.324 e. The van der Waals surface area contributed by atoms with Gasteiger partial charge in [0.1, 0.15) is 0 Å². The Morgan fingerprint density at radius 1 is 1.33 bits per heavy atom. The Morgan fingerprint density at radius 3 is 2.47 bits per heavy atom. The second-order valence-corrected chi connectivity index (χ2v) is 3.81. The third-order valence-electron chi connectivity index (χ3n) is 2.85. The summed E-state index contributed by atoms with van der Waals surface area (Å²) < 4.78 is 0. The number of hydrogen-bond donors (Lipinski definition) is 1. The summed E-state index contributed by atoms with van der Waals surface area (Å²) in [6.45, 7) is 4.45. The normalized spacial score (nSPS) is 12.3. The molecule has 1 atom stereocenters. The molecule has 1 aromatic heterocycles. The van der Waals surface area contributed by atoms with Gasteiger partial charge in [-0.1, -0.05) is 32.8 Å². The summed E-state index contributed by atoms with van der Waals surface area (Å²) >= 11 is 0. The summed E-state index contributed by atoms with van der Waals surface area (Å²) in [6.07, 6.45) is 7.15. The van der Waals surface area contributed by atoms with Gasteiger partial charge in [-0.3, -0.25) is 4.98 Å². The van der Waals surface area contributed by atoms with Crippen LogP contribution in [-0.4, -0.2) is 4.98 Å². The predicted octanol–water partition coefficient (Wildman–Crippen LogP) is 3.33. The first-order valence-electron chi connectivity index (χ1n) is 5.43. The topological polar surface area (TPSA) is 38.9 Å². The Kier molecular flexibility index (Phi) is 7.35. The van der Waals surface area contributed by atoms with Gasteiger partial charge in [-0.2, -0.15) is 0 Å². The van der Waals surface area contributed by atoms with E-state index in [2.05, 4.69) is 24.9 Å². The summed E-state index contributed by atoms with van der Waals surface area (Å²) in [7, 11) is 0. The van der Waals surface area contributed by atoms with Crippen LogP contribution in [0.3, 0.4) is 0 Å². The maximum absolute atomic E-state index is 6.11. The quantitative estimate of drug-likeness (QED) is 0.840. The lowest BCUT2D eigenvalue weighted by atomic mass is 9.92. The van der Waals surface area contributed by atoms with E-state index in [-0.39, 0.29) is 18.4 Å². The van der Waals surface area contributed by atoms with Gasteiger partial charge in [0, 0.05) is 18.4 Å². The molecular weight excluding hydrogens is 208 g/mol. The lowest BCUT2D eigenvalue weighted by molar-refractivity contribution is 0.414. The molecule has 1 rings (SSSR count). The molecule has 0 bridgehead atoms. The lowest BCUT2D eigenvalue weighted by Gasteiger charge is -2.18. The van der Waals surface area contributed by atoms with E-state index < -0.39 is 0 Å². The van der Waals surface area contributed by atoms with Gasteiger partial charge in [-0.05, 0) is 24.0 Å². The molecule has 0 aromatic carbocycles. The van der Waals surface area contributed by atoms with Gasteiger partial charge >= 0.3 is 0 Å². The second-order valence-electron chi connectivity index (χ2n) is 3.81. The molecule has 0 saturated carbocycles. The van der Waals surface area contributed by atoms with Crippen molar-refractivity contribution in [2.24, 2.45) is 11.7 Å². The van der Waals surface area contributed by atoms with Gasteiger partial charge in [-0.25, -0.2) is 0 Å². The molecule has 0 saturated heterocycles. The van der Waals surface area contributed by atoms with Crippen LogP contribution in [0.2, 0.25) is 0 Å². The van der Waals surface area contributed by atoms with Crippen molar-refractivity contribution in [2.75, 3.05) is 0 Å². The molecule has 0 aliphatic heterocycles. The Balaban J connectivity index is 0.00000196. The third-order valence-corrected chi connectivity index (χ3v) is 2.85. The van der Waals surface area contributed by atoms with Crippen LogP contribution in [0.5, 0.6) is 0 Å². The van der Waals surface area contributed by atoms with Crippen LogP contribution in [0.4, 0.5) is 0 Å². The number of aromatic nitrogens is 1. The molecule has 3 heteroatoms. The molecular formula is C12H21ClN2. The van der Waals surface area contributed by atoms with E-state index in [1.807, 2.05) is 12.3 Å². The van der Waals surface area contributed by atoms with Crippen molar-refractivity contribution in [3.8, 4) is 0 Å². The predicted molar refractivity (Wildman–Crippen MR) is 67.1 cm³/mol. The highest BCUT2D eigenvalue weighted by Gasteiger charge is 2.11. The van der Waals surface area contributed by atoms with Crippen LogP contribution in [-0.2, 0) is 0 Å². The number of rotatable bonds is 5. The third kappa shape index (κ3) is 4.63.